The number of likely N-dealkylation sites (tertiary alicyclic amines) is 2. The molecule has 12 N–H and O–H groups in total. The molecule has 0 spiro atoms. The Morgan fingerprint density at radius 3 is 1.20 bits per heavy atom. The Kier molecular flexibility index (Phi) is 26.4. The number of hydrogen-bond donors (Lipinski definition) is 7. The Hall–Kier alpha value is -16.2. The molecule has 2 saturated heterocycles. The number of fused-ring (bicyclic) bond motifs is 4. The van der Waals surface area contributed by atoms with Crippen molar-refractivity contribution in [2.45, 2.75) is 32.4 Å². The zero-order chi connectivity index (χ0) is 89.9. The van der Waals surface area contributed by atoms with Crippen LogP contribution in [0, 0.1) is 33.2 Å². The summed E-state index contributed by atoms with van der Waals surface area (Å²) in [6.45, 7) is 33.8. The van der Waals surface area contributed by atoms with E-state index in [1.807, 2.05) is 195 Å². The van der Waals surface area contributed by atoms with Gasteiger partial charge in [-0.3, -0.25) is 19.2 Å². The van der Waals surface area contributed by atoms with Crippen molar-refractivity contribution >= 4 is 150 Å². The number of halogens is 3. The standard InChI is InChI=1S/C25H19ClN6O.C24H19ClN6O.C23H24N6O3.C22H15ClN6O/c1-28-21(25(33)31-10-3-11-31)13-16-4-2-5-19(12-16)32-14-20(17-6-8-18(26)9-7-17)22-23(27)29-15-30-24(22)32;1-27-20(24(32)30(2)3)12-15-5-4-6-18(11-15)31-13-19(16-7-9-17(25)10-8-16)21-22(26)28-14-29-23(21)31;1-14-4-6-15(7-5-14)19-18(10-17(25-2)23(32)28-11-16(31)12-28)29(8-3-9-30)22-20(19)21(24)26-13-27-22;1-26-18(21(25)30)10-13-3-2-4-16(9-13)29-11-17(14-5-7-15(23)8-6-14)19-20(24)27-12-28-22(19)29/h2,4-9,12-15H,3,10-11H2,(H2,27,29,30);4-14H,2-3H3,(H2,26,28,29);4-7,10,13,16,30-31H,3,8-9,11-12H2,1H3,(H2,24,26,27);2-12H,(H2,25,30)(H2,24,27,28)/b21-13-;20-12-;17-10-;18-10-. The first-order chi connectivity index (χ1) is 61.3. The van der Waals surface area contributed by atoms with Gasteiger partial charge >= 0.3 is 0 Å². The Morgan fingerprint density at radius 1 is 0.472 bits per heavy atom. The molecule has 0 atom stereocenters. The quantitative estimate of drug-likeness (QED) is 0.0310. The van der Waals surface area contributed by atoms with E-state index in [1.165, 1.54) is 41.2 Å². The van der Waals surface area contributed by atoms with Gasteiger partial charge in [0.15, 0.2) is 16.9 Å². The maximum atomic E-state index is 12.8. The lowest BCUT2D eigenvalue weighted by Crippen LogP contribution is -2.53. The fourth-order valence-corrected chi connectivity index (χ4v) is 14.8. The Bertz CT molecular complexity index is 7120. The number of β-amino-alcohol motifs (C(OH)–C–C–N with tert-alkyl or cyclic N) is 1. The van der Waals surface area contributed by atoms with E-state index in [0.717, 1.165) is 101 Å². The second-order valence-corrected chi connectivity index (χ2v) is 30.7. The summed E-state index contributed by atoms with van der Waals surface area (Å²) < 4.78 is 7.60. The first-order valence-corrected chi connectivity index (χ1v) is 40.4. The molecular formula is C94H77Cl3N24O6. The highest BCUT2D eigenvalue weighted by Crippen LogP contribution is 2.42. The Balaban J connectivity index is 0.000000137. The average Bonchev–Trinajstić information content (AvgIpc) is 1.68. The number of rotatable bonds is 18. The number of likely N-dealkylation sites (N-methyl/N-ethyl adjacent to an activating group) is 1. The summed E-state index contributed by atoms with van der Waals surface area (Å²) in [6, 6.07) is 52.7. The molecule has 0 saturated carbocycles. The van der Waals surface area contributed by atoms with Crippen molar-refractivity contribution in [2.24, 2.45) is 5.73 Å². The predicted molar refractivity (Wildman–Crippen MR) is 495 cm³/mol. The van der Waals surface area contributed by atoms with Gasteiger partial charge in [-0.05, 0) is 156 Å². The summed E-state index contributed by atoms with van der Waals surface area (Å²) in [6.07, 6.45) is 18.6. The molecule has 2 fully saturated rings. The molecule has 0 radical (unpaired) electrons. The molecule has 0 bridgehead atoms. The van der Waals surface area contributed by atoms with Crippen LogP contribution in [0.3, 0.4) is 0 Å². The van der Waals surface area contributed by atoms with E-state index in [2.05, 4.69) is 59.3 Å². The predicted octanol–water partition coefficient (Wildman–Crippen LogP) is 15.4. The van der Waals surface area contributed by atoms with Crippen molar-refractivity contribution in [3.63, 3.8) is 0 Å². The number of nitrogens with zero attached hydrogens (tertiary/aromatic N) is 19. The molecule has 0 unspecified atom stereocenters. The highest BCUT2D eigenvalue weighted by molar-refractivity contribution is 6.31. The van der Waals surface area contributed by atoms with Crippen LogP contribution in [0.5, 0.6) is 0 Å². The molecule has 10 heterocycles. The van der Waals surface area contributed by atoms with Crippen LogP contribution in [0.25, 0.3) is 149 Å². The summed E-state index contributed by atoms with van der Waals surface area (Å²) in [7, 11) is 3.23. The summed E-state index contributed by atoms with van der Waals surface area (Å²) in [4.78, 5) is 101. The number of aliphatic hydroxyl groups excluding tert-OH is 2. The van der Waals surface area contributed by atoms with Gasteiger partial charge in [0, 0.05) is 132 Å². The first kappa shape index (κ1) is 87.2. The highest BCUT2D eigenvalue weighted by atomic mass is 35.5. The van der Waals surface area contributed by atoms with Gasteiger partial charge in [0.25, 0.3) is 34.8 Å². The van der Waals surface area contributed by atoms with Gasteiger partial charge in [-0.2, -0.15) is 0 Å². The molecule has 7 aromatic carbocycles. The van der Waals surface area contributed by atoms with Gasteiger partial charge in [0.2, 0.25) is 11.6 Å². The van der Waals surface area contributed by atoms with Gasteiger partial charge < -0.3 is 71.8 Å². The first-order valence-electron chi connectivity index (χ1n) is 39.2. The lowest BCUT2D eigenvalue weighted by Gasteiger charge is -2.35. The van der Waals surface area contributed by atoms with Gasteiger partial charge in [-0.15, -0.1) is 0 Å². The van der Waals surface area contributed by atoms with Crippen molar-refractivity contribution in [1.82, 2.24) is 72.8 Å². The van der Waals surface area contributed by atoms with Gasteiger partial charge in [0.05, 0.1) is 53.9 Å². The number of aryl methyl sites for hydroxylation is 2. The number of benzene rings is 7. The number of aromatic nitrogens is 12. The number of nitrogen functional groups attached to an aromatic ring is 4. The van der Waals surface area contributed by atoms with Crippen LogP contribution in [0.15, 0.2) is 237 Å². The maximum absolute atomic E-state index is 12.8. The number of nitrogens with two attached hydrogens (primary N) is 5. The van der Waals surface area contributed by atoms with Crippen molar-refractivity contribution in [3.8, 4) is 61.6 Å². The van der Waals surface area contributed by atoms with E-state index >= 15 is 0 Å². The number of carbonyl (C=O) groups is 4. The highest BCUT2D eigenvalue weighted by Gasteiger charge is 2.33. The van der Waals surface area contributed by atoms with Crippen LogP contribution in [-0.2, 0) is 25.7 Å². The second-order valence-electron chi connectivity index (χ2n) is 29.4. The number of carbonyl (C=O) groups excluding carboxylic acids is 4. The summed E-state index contributed by atoms with van der Waals surface area (Å²) >= 11 is 18.2. The largest absolute Gasteiger partial charge is 0.396 e. The molecule has 4 amide bonds. The van der Waals surface area contributed by atoms with Crippen molar-refractivity contribution in [1.29, 1.82) is 0 Å². The fourth-order valence-electron chi connectivity index (χ4n) is 14.4. The van der Waals surface area contributed by atoms with Crippen LogP contribution in [0.1, 0.15) is 40.8 Å². The van der Waals surface area contributed by atoms with E-state index in [4.69, 9.17) is 89.8 Å². The number of primary amides is 1. The molecule has 2 aliphatic rings. The number of anilines is 4. The van der Waals surface area contributed by atoms with Crippen LogP contribution in [-0.4, -0.2) is 160 Å². The Labute approximate surface area is 742 Å². The van der Waals surface area contributed by atoms with Crippen molar-refractivity contribution in [3.05, 3.63) is 325 Å². The SMILES string of the molecule is [C-]#[N+]/C(=C\c1c(-c2ccc(C)cc2)c2c(N)ncnc2n1CCCO)C(=O)N1CC(O)C1.[C-]#[N+]/C(=C\c1cccc(-n2cc(-c3ccc(Cl)cc3)c3c(N)ncnc32)c1)C(=O)N(C)C.[C-]#[N+]/C(=C\c1cccc(-n2cc(-c3ccc(Cl)cc3)c3c(N)ncnc32)c1)C(=O)N1CCC1.[C-]#[N+]/C(=C\c1cccc(-n2cc(-c3ccc(Cl)cc3)c3c(N)ncnc32)c1)C(N)=O. The topological polar surface area (TPSA) is 389 Å². The summed E-state index contributed by atoms with van der Waals surface area (Å²) in [5.74, 6) is -0.350. The van der Waals surface area contributed by atoms with Gasteiger partial charge in [-0.1, -0.05) is 137 Å². The smallest absolute Gasteiger partial charge is 0.253 e. The van der Waals surface area contributed by atoms with E-state index in [1.54, 1.807) is 55.4 Å². The summed E-state index contributed by atoms with van der Waals surface area (Å²) in [5.41, 5.74) is 45.8. The maximum Gasteiger partial charge on any atom is 0.253 e. The second kappa shape index (κ2) is 38.5. The zero-order valence-electron chi connectivity index (χ0n) is 68.3. The van der Waals surface area contributed by atoms with E-state index in [9.17, 15) is 29.4 Å². The molecule has 127 heavy (non-hydrogen) atoms. The zero-order valence-corrected chi connectivity index (χ0v) is 70.6. The third kappa shape index (κ3) is 18.9. The van der Waals surface area contributed by atoms with E-state index in [-0.39, 0.29) is 54.3 Å². The number of amides is 4. The molecule has 17 rings (SSSR count). The lowest BCUT2D eigenvalue weighted by atomic mass is 10.0. The number of aliphatic hydroxyl groups is 2. The minimum absolute atomic E-state index is 0.0243. The fraction of sp³-hybridized carbons (Fsp3) is 0.128. The molecule has 0 aliphatic carbocycles. The van der Waals surface area contributed by atoms with Crippen LogP contribution >= 0.6 is 34.8 Å². The van der Waals surface area contributed by atoms with Crippen LogP contribution in [0.4, 0.5) is 23.3 Å². The molecule has 30 nitrogen and oxygen atoms in total. The van der Waals surface area contributed by atoms with Crippen molar-refractivity contribution < 1.29 is 29.4 Å². The average molecular weight is 1750 g/mol. The number of hydrogen-bond acceptors (Lipinski definition) is 18. The van der Waals surface area contributed by atoms with Crippen LogP contribution < -0.4 is 28.7 Å². The minimum atomic E-state index is -0.771. The Morgan fingerprint density at radius 2 is 0.835 bits per heavy atom. The normalized spacial score (nSPS) is 12.7. The monoisotopic (exact) mass is 1740 g/mol. The molecule has 15 aromatic rings. The third-order valence-corrected chi connectivity index (χ3v) is 21.6. The van der Waals surface area contributed by atoms with E-state index in [0.29, 0.717) is 104 Å². The minimum Gasteiger partial charge on any atom is -0.396 e. The molecule has 33 heteroatoms. The van der Waals surface area contributed by atoms with Crippen molar-refractivity contribution in [2.75, 3.05) is 69.8 Å². The molecule has 2 aliphatic heterocycles. The van der Waals surface area contributed by atoms with Gasteiger partial charge in [-0.25, -0.2) is 59.3 Å². The molecule has 630 valence electrons. The molecular weight excluding hydrogens is 1670 g/mol. The van der Waals surface area contributed by atoms with Gasteiger partial charge in [0.1, 0.15) is 54.2 Å². The summed E-state index contributed by atoms with van der Waals surface area (Å²) in [5, 5.41) is 23.7. The molecule has 8 aromatic heterocycles. The van der Waals surface area contributed by atoms with E-state index < -0.39 is 17.9 Å². The third-order valence-electron chi connectivity index (χ3n) is 20.8. The van der Waals surface area contributed by atoms with Crippen LogP contribution in [0.2, 0.25) is 15.1 Å². The lowest BCUT2D eigenvalue weighted by molar-refractivity contribution is -0.136.